The molecule has 188 valence electrons. The van der Waals surface area contributed by atoms with Crippen LogP contribution in [0, 0.1) is 6.92 Å². The third kappa shape index (κ3) is 3.44. The maximum absolute atomic E-state index is 13.6. The highest BCUT2D eigenvalue weighted by Crippen LogP contribution is 2.54. The second kappa shape index (κ2) is 8.60. The monoisotopic (exact) mass is 498 g/mol. The number of aromatic hydroxyl groups is 2. The van der Waals surface area contributed by atoms with Gasteiger partial charge in [-0.2, -0.15) is 0 Å². The van der Waals surface area contributed by atoms with Crippen molar-refractivity contribution in [1.82, 2.24) is 9.88 Å². The van der Waals surface area contributed by atoms with Crippen LogP contribution in [0.1, 0.15) is 33.9 Å². The van der Waals surface area contributed by atoms with E-state index in [4.69, 9.17) is 14.2 Å². The molecule has 0 aliphatic carbocycles. The van der Waals surface area contributed by atoms with Gasteiger partial charge in [0.15, 0.2) is 17.0 Å². The third-order valence-corrected chi connectivity index (χ3v) is 7.22. The lowest BCUT2D eigenvalue weighted by Crippen LogP contribution is -2.48. The van der Waals surface area contributed by atoms with Gasteiger partial charge in [-0.1, -0.05) is 54.6 Å². The van der Waals surface area contributed by atoms with Gasteiger partial charge in [0.05, 0.1) is 24.4 Å². The maximum atomic E-state index is 13.6. The summed E-state index contributed by atoms with van der Waals surface area (Å²) in [6.07, 6.45) is 0.202. The van der Waals surface area contributed by atoms with Crippen molar-refractivity contribution in [2.75, 3.05) is 13.9 Å². The molecule has 6 rings (SSSR count). The Labute approximate surface area is 213 Å². The number of nitrogens with zero attached hydrogens (tertiary/aromatic N) is 1. The van der Waals surface area contributed by atoms with E-state index < -0.39 is 17.6 Å². The first-order chi connectivity index (χ1) is 17.9. The van der Waals surface area contributed by atoms with Crippen molar-refractivity contribution in [3.8, 4) is 28.9 Å². The van der Waals surface area contributed by atoms with Gasteiger partial charge in [0, 0.05) is 18.1 Å². The molecular formula is C29H26N2O6. The average molecular weight is 499 g/mol. The van der Waals surface area contributed by atoms with Gasteiger partial charge < -0.3 is 24.4 Å². The first-order valence-electron chi connectivity index (χ1n) is 12.0. The second-order valence-electron chi connectivity index (χ2n) is 9.30. The SMILES string of the molecule is COC(=O)C1(Cc2ccccc2)NC(c2ccccc2C)c2c1c(O)n(-c1ccc3c(c1)OCO3)c2O. The van der Waals surface area contributed by atoms with E-state index >= 15 is 0 Å². The Balaban J connectivity index is 1.61. The van der Waals surface area contributed by atoms with Gasteiger partial charge in [-0.25, -0.2) is 4.79 Å². The number of carbonyl (C=O) groups excluding carboxylic acids is 1. The van der Waals surface area contributed by atoms with Crippen LogP contribution in [0.5, 0.6) is 23.3 Å². The summed E-state index contributed by atoms with van der Waals surface area (Å²) in [5, 5.41) is 26.8. The number of nitrogens with one attached hydrogen (secondary N) is 1. The molecule has 3 N–H and O–H groups in total. The van der Waals surface area contributed by atoms with Crippen molar-refractivity contribution >= 4 is 5.97 Å². The molecule has 0 saturated heterocycles. The molecule has 3 heterocycles. The predicted octanol–water partition coefficient (Wildman–Crippen LogP) is 4.23. The molecule has 8 heteroatoms. The zero-order valence-electron chi connectivity index (χ0n) is 20.4. The van der Waals surface area contributed by atoms with Gasteiger partial charge in [-0.3, -0.25) is 9.88 Å². The molecule has 0 saturated carbocycles. The number of methoxy groups -OCH3 is 1. The quantitative estimate of drug-likeness (QED) is 0.354. The standard InChI is InChI=1S/C29H26N2O6/c1-17-8-6-7-11-20(17)25-23-24(29(30-25,28(34)35-2)15-18-9-4-3-5-10-18)27(33)31(26(23)32)19-12-13-21-22(14-19)37-16-36-21/h3-14,25,30,32-33H,15-16H2,1-2H3. The molecule has 0 fully saturated rings. The van der Waals surface area contributed by atoms with E-state index in [1.807, 2.05) is 61.5 Å². The topological polar surface area (TPSA) is 102 Å². The van der Waals surface area contributed by atoms with Crippen molar-refractivity contribution in [2.45, 2.75) is 24.9 Å². The fourth-order valence-corrected chi connectivity index (χ4v) is 5.51. The number of esters is 1. The highest BCUT2D eigenvalue weighted by atomic mass is 16.7. The second-order valence-corrected chi connectivity index (χ2v) is 9.30. The van der Waals surface area contributed by atoms with Crippen LogP contribution in [0.15, 0.2) is 72.8 Å². The van der Waals surface area contributed by atoms with Crippen molar-refractivity contribution in [3.63, 3.8) is 0 Å². The normalized spacial score (nSPS) is 19.6. The van der Waals surface area contributed by atoms with Crippen LogP contribution < -0.4 is 14.8 Å². The molecule has 3 aromatic carbocycles. The largest absolute Gasteiger partial charge is 0.494 e. The zero-order valence-corrected chi connectivity index (χ0v) is 20.4. The first kappa shape index (κ1) is 23.0. The van der Waals surface area contributed by atoms with E-state index in [1.54, 1.807) is 18.2 Å². The van der Waals surface area contributed by atoms with Crippen LogP contribution in [-0.4, -0.2) is 34.7 Å². The number of hydrogen-bond donors (Lipinski definition) is 3. The molecule has 4 aromatic rings. The van der Waals surface area contributed by atoms with Gasteiger partial charge in [0.1, 0.15) is 0 Å². The summed E-state index contributed by atoms with van der Waals surface area (Å²) in [5.41, 5.74) is 2.43. The number of aromatic nitrogens is 1. The van der Waals surface area contributed by atoms with Crippen LogP contribution in [0.4, 0.5) is 0 Å². The maximum Gasteiger partial charge on any atom is 0.331 e. The van der Waals surface area contributed by atoms with Crippen LogP contribution in [0.25, 0.3) is 5.69 Å². The lowest BCUT2D eigenvalue weighted by molar-refractivity contribution is -0.149. The summed E-state index contributed by atoms with van der Waals surface area (Å²) in [6, 6.07) is 21.8. The Bertz CT molecular complexity index is 1510. The van der Waals surface area contributed by atoms with Crippen LogP contribution >= 0.6 is 0 Å². The summed E-state index contributed by atoms with van der Waals surface area (Å²) in [6.45, 7) is 2.07. The summed E-state index contributed by atoms with van der Waals surface area (Å²) < 4.78 is 17.6. The molecular weight excluding hydrogens is 472 g/mol. The van der Waals surface area contributed by atoms with Crippen molar-refractivity contribution in [3.05, 3.63) is 101 Å². The fourth-order valence-electron chi connectivity index (χ4n) is 5.51. The van der Waals surface area contributed by atoms with E-state index in [0.717, 1.165) is 16.7 Å². The van der Waals surface area contributed by atoms with Gasteiger partial charge in [-0.15, -0.1) is 0 Å². The molecule has 2 atom stereocenters. The van der Waals surface area contributed by atoms with Crippen molar-refractivity contribution in [1.29, 1.82) is 0 Å². The van der Waals surface area contributed by atoms with E-state index in [1.165, 1.54) is 11.7 Å². The highest BCUT2D eigenvalue weighted by molar-refractivity contribution is 5.87. The van der Waals surface area contributed by atoms with Gasteiger partial charge in [0.25, 0.3) is 0 Å². The zero-order chi connectivity index (χ0) is 25.7. The Hall–Kier alpha value is -4.43. The average Bonchev–Trinajstić information content (AvgIpc) is 3.58. The number of ether oxygens (including phenoxy) is 3. The van der Waals surface area contributed by atoms with Crippen molar-refractivity contribution in [2.24, 2.45) is 0 Å². The Morgan fingerprint density at radius 2 is 1.76 bits per heavy atom. The van der Waals surface area contributed by atoms with E-state index in [9.17, 15) is 15.0 Å². The first-order valence-corrected chi connectivity index (χ1v) is 12.0. The van der Waals surface area contributed by atoms with Gasteiger partial charge in [-0.05, 0) is 35.7 Å². The molecule has 2 aliphatic rings. The Morgan fingerprint density at radius 3 is 2.51 bits per heavy atom. The molecule has 0 bridgehead atoms. The molecule has 8 nitrogen and oxygen atoms in total. The molecule has 37 heavy (non-hydrogen) atoms. The third-order valence-electron chi connectivity index (χ3n) is 7.22. The molecule has 2 aliphatic heterocycles. The summed E-state index contributed by atoms with van der Waals surface area (Å²) >= 11 is 0. The van der Waals surface area contributed by atoms with Gasteiger partial charge in [0.2, 0.25) is 18.6 Å². The van der Waals surface area contributed by atoms with E-state index in [0.29, 0.717) is 22.7 Å². The summed E-state index contributed by atoms with van der Waals surface area (Å²) in [4.78, 5) is 13.6. The minimum absolute atomic E-state index is 0.0980. The Kier molecular flexibility index (Phi) is 5.35. The van der Waals surface area contributed by atoms with Crippen LogP contribution in [0.2, 0.25) is 0 Å². The number of aryl methyl sites for hydroxylation is 1. The number of hydrogen-bond acceptors (Lipinski definition) is 7. The van der Waals surface area contributed by atoms with Crippen LogP contribution in [-0.2, 0) is 21.5 Å². The molecule has 0 radical (unpaired) electrons. The Morgan fingerprint density at radius 1 is 1.03 bits per heavy atom. The van der Waals surface area contributed by atoms with E-state index in [2.05, 4.69) is 5.32 Å². The smallest absolute Gasteiger partial charge is 0.331 e. The highest BCUT2D eigenvalue weighted by Gasteiger charge is 2.56. The predicted molar refractivity (Wildman–Crippen MR) is 135 cm³/mol. The van der Waals surface area contributed by atoms with Crippen molar-refractivity contribution < 1.29 is 29.2 Å². The molecule has 0 amide bonds. The summed E-state index contributed by atoms with van der Waals surface area (Å²) in [7, 11) is 1.32. The molecule has 0 spiro atoms. The van der Waals surface area contributed by atoms with Gasteiger partial charge >= 0.3 is 5.97 Å². The number of carbonyl (C=O) groups is 1. The number of fused-ring (bicyclic) bond motifs is 2. The number of rotatable bonds is 5. The summed E-state index contributed by atoms with van der Waals surface area (Å²) in [5.74, 6) is 0.0891. The minimum atomic E-state index is -1.46. The van der Waals surface area contributed by atoms with E-state index in [-0.39, 0.29) is 30.5 Å². The fraction of sp³-hybridized carbons (Fsp3) is 0.207. The molecule has 1 aromatic heterocycles. The lowest BCUT2D eigenvalue weighted by atomic mass is 9.85. The van der Waals surface area contributed by atoms with Crippen LogP contribution in [0.3, 0.4) is 0 Å². The minimum Gasteiger partial charge on any atom is -0.494 e. The molecule has 2 unspecified atom stereocenters. The number of benzene rings is 3. The lowest BCUT2D eigenvalue weighted by Gasteiger charge is -2.30.